The van der Waals surface area contributed by atoms with Crippen molar-refractivity contribution in [3.8, 4) is 0 Å². The van der Waals surface area contributed by atoms with Crippen LogP contribution in [0.15, 0.2) is 72.9 Å². The van der Waals surface area contributed by atoms with Gasteiger partial charge in [0, 0.05) is 5.41 Å². The third kappa shape index (κ3) is 6.98. The molecule has 0 aromatic heterocycles. The number of hydrogen-bond acceptors (Lipinski definition) is 0. The maximum absolute atomic E-state index is 4.19. The van der Waals surface area contributed by atoms with Gasteiger partial charge in [0.05, 0.1) is 0 Å². The Morgan fingerprint density at radius 3 is 1.69 bits per heavy atom. The highest BCUT2D eigenvalue weighted by Gasteiger charge is 2.34. The molecule has 0 N–H and O–H groups in total. The minimum absolute atomic E-state index is 0.0781. The summed E-state index contributed by atoms with van der Waals surface area (Å²) in [6.45, 7) is 12.3. The van der Waals surface area contributed by atoms with Crippen molar-refractivity contribution in [3.63, 3.8) is 0 Å². The molecule has 0 aromatic carbocycles. The Balaban J connectivity index is 3.32. The van der Waals surface area contributed by atoms with Crippen molar-refractivity contribution in [2.75, 3.05) is 0 Å². The first-order valence-electron chi connectivity index (χ1n) is 10.7. The molecule has 0 spiro atoms. The molecule has 26 heavy (non-hydrogen) atoms. The third-order valence-electron chi connectivity index (χ3n) is 5.72. The molecule has 0 aliphatic heterocycles. The van der Waals surface area contributed by atoms with Crippen molar-refractivity contribution >= 4 is 0 Å². The van der Waals surface area contributed by atoms with Crippen LogP contribution in [0.5, 0.6) is 0 Å². The predicted octanol–water partition coefficient (Wildman–Crippen LogP) is 8.65. The molecule has 1 fully saturated rings. The van der Waals surface area contributed by atoms with Crippen molar-refractivity contribution in [1.82, 2.24) is 0 Å². The summed E-state index contributed by atoms with van der Waals surface area (Å²) in [6, 6.07) is 0. The number of allylic oxidation sites excluding steroid dienone is 10. The maximum Gasteiger partial charge on any atom is 0.0199 e. The van der Waals surface area contributed by atoms with E-state index in [1.54, 1.807) is 0 Å². The molecular formula is C26H40. The van der Waals surface area contributed by atoms with E-state index in [4.69, 9.17) is 0 Å². The van der Waals surface area contributed by atoms with Gasteiger partial charge < -0.3 is 0 Å². The quantitative estimate of drug-likeness (QED) is 0.419. The van der Waals surface area contributed by atoms with E-state index < -0.39 is 0 Å². The second kappa shape index (κ2) is 13.6. The molecule has 0 unspecified atom stereocenters. The van der Waals surface area contributed by atoms with Crippen LogP contribution in [0.4, 0.5) is 0 Å². The van der Waals surface area contributed by atoms with Gasteiger partial charge in [0.2, 0.25) is 0 Å². The van der Waals surface area contributed by atoms with Crippen LogP contribution in [0.25, 0.3) is 0 Å². The largest absolute Gasteiger partial charge is 0.0991 e. The fourth-order valence-electron chi connectivity index (χ4n) is 4.29. The number of rotatable bonds is 6. The first-order chi connectivity index (χ1) is 12.7. The molecule has 1 rings (SSSR count). The average molecular weight is 353 g/mol. The van der Waals surface area contributed by atoms with Crippen LogP contribution < -0.4 is 0 Å². The highest BCUT2D eigenvalue weighted by molar-refractivity contribution is 5.43. The molecule has 0 atom stereocenters. The molecule has 0 nitrogen and oxygen atoms in total. The van der Waals surface area contributed by atoms with Crippen LogP contribution in [-0.2, 0) is 0 Å². The molecule has 0 radical (unpaired) electrons. The van der Waals surface area contributed by atoms with Gasteiger partial charge in [0.25, 0.3) is 0 Å². The Morgan fingerprint density at radius 1 is 0.731 bits per heavy atom. The topological polar surface area (TPSA) is 0 Å². The first-order valence-corrected chi connectivity index (χ1v) is 10.7. The fourth-order valence-corrected chi connectivity index (χ4v) is 4.29. The molecule has 1 aliphatic rings. The van der Waals surface area contributed by atoms with E-state index in [-0.39, 0.29) is 5.41 Å². The molecule has 0 saturated heterocycles. The van der Waals surface area contributed by atoms with Crippen molar-refractivity contribution < 1.29 is 0 Å². The van der Waals surface area contributed by atoms with E-state index >= 15 is 0 Å². The maximum atomic E-state index is 4.19. The van der Waals surface area contributed by atoms with E-state index in [1.165, 1.54) is 81.8 Å². The lowest BCUT2D eigenvalue weighted by Gasteiger charge is -2.38. The van der Waals surface area contributed by atoms with E-state index in [0.717, 1.165) is 0 Å². The second-order valence-corrected chi connectivity index (χ2v) is 7.45. The number of hydrogen-bond donors (Lipinski definition) is 0. The molecule has 0 heterocycles. The summed E-state index contributed by atoms with van der Waals surface area (Å²) >= 11 is 0. The van der Waals surface area contributed by atoms with Gasteiger partial charge in [-0.15, -0.1) is 0 Å². The van der Waals surface area contributed by atoms with Crippen LogP contribution in [0.2, 0.25) is 0 Å². The molecule has 1 aliphatic carbocycles. The molecule has 1 saturated carbocycles. The lowest BCUT2D eigenvalue weighted by molar-refractivity contribution is 0.338. The summed E-state index contributed by atoms with van der Waals surface area (Å²) < 4.78 is 0. The Bertz CT molecular complexity index is 512. The van der Waals surface area contributed by atoms with E-state index in [0.29, 0.717) is 0 Å². The third-order valence-corrected chi connectivity index (χ3v) is 5.72. The van der Waals surface area contributed by atoms with Crippen LogP contribution in [-0.4, -0.2) is 0 Å². The molecule has 0 aromatic rings. The molecule has 0 amide bonds. The molecule has 144 valence electrons. The van der Waals surface area contributed by atoms with Gasteiger partial charge in [-0.05, 0) is 37.8 Å². The van der Waals surface area contributed by atoms with Crippen LogP contribution in [0.1, 0.15) is 84.5 Å². The van der Waals surface area contributed by atoms with Gasteiger partial charge in [0.1, 0.15) is 0 Å². The summed E-state index contributed by atoms with van der Waals surface area (Å²) in [6.07, 6.45) is 31.9. The summed E-state index contributed by atoms with van der Waals surface area (Å²) in [5.74, 6) is 0. The zero-order valence-electron chi connectivity index (χ0n) is 17.3. The van der Waals surface area contributed by atoms with E-state index in [1.807, 2.05) is 6.08 Å². The van der Waals surface area contributed by atoms with Gasteiger partial charge in [-0.3, -0.25) is 0 Å². The van der Waals surface area contributed by atoms with Gasteiger partial charge in [-0.1, -0.05) is 120 Å². The standard InChI is InChI=1S/C26H40/c1-5-9-20-24(7-3)26(25(8-4)21-10-6-2)22-18-16-14-12-11-13-15-17-19-23-26/h5-10,20-21H,1,4,11-19,22-23H2,2-3H3/b10-6-,20-9-,24-7+,25-21+. The van der Waals surface area contributed by atoms with Gasteiger partial charge in [0.15, 0.2) is 0 Å². The Labute approximate surface area is 163 Å². The van der Waals surface area contributed by atoms with Gasteiger partial charge in [-0.25, -0.2) is 0 Å². The zero-order chi connectivity index (χ0) is 19.1. The van der Waals surface area contributed by atoms with E-state index in [9.17, 15) is 0 Å². The minimum Gasteiger partial charge on any atom is -0.0991 e. The van der Waals surface area contributed by atoms with Crippen molar-refractivity contribution in [3.05, 3.63) is 72.9 Å². The smallest absolute Gasteiger partial charge is 0.0199 e. The molecule has 0 heteroatoms. The predicted molar refractivity (Wildman–Crippen MR) is 119 cm³/mol. The normalized spacial score (nSPS) is 21.3. The van der Waals surface area contributed by atoms with Crippen molar-refractivity contribution in [2.24, 2.45) is 5.41 Å². The van der Waals surface area contributed by atoms with Crippen LogP contribution >= 0.6 is 0 Å². The highest BCUT2D eigenvalue weighted by Crippen LogP contribution is 2.47. The Kier molecular flexibility index (Phi) is 11.8. The summed E-state index contributed by atoms with van der Waals surface area (Å²) in [5.41, 5.74) is 2.87. The summed E-state index contributed by atoms with van der Waals surface area (Å²) in [5, 5.41) is 0. The zero-order valence-corrected chi connectivity index (χ0v) is 17.3. The second-order valence-electron chi connectivity index (χ2n) is 7.45. The highest BCUT2D eigenvalue weighted by atomic mass is 14.4. The SMILES string of the molecule is C=C/C=C\C(=C/C)C1(/C(C=C)=C/C=C\C)CCCCCCCCCCC1. The average Bonchev–Trinajstić information content (AvgIpc) is 2.65. The molecule has 0 bridgehead atoms. The fraction of sp³-hybridized carbons (Fsp3) is 0.538. The van der Waals surface area contributed by atoms with Crippen molar-refractivity contribution in [1.29, 1.82) is 0 Å². The van der Waals surface area contributed by atoms with Crippen LogP contribution in [0.3, 0.4) is 0 Å². The van der Waals surface area contributed by atoms with E-state index in [2.05, 4.69) is 69.5 Å². The Morgan fingerprint density at radius 2 is 1.27 bits per heavy atom. The molecular weight excluding hydrogens is 312 g/mol. The first kappa shape index (κ1) is 22.5. The summed E-state index contributed by atoms with van der Waals surface area (Å²) in [7, 11) is 0. The van der Waals surface area contributed by atoms with Gasteiger partial charge >= 0.3 is 0 Å². The lowest BCUT2D eigenvalue weighted by Crippen LogP contribution is -2.25. The minimum atomic E-state index is 0.0781. The van der Waals surface area contributed by atoms with Gasteiger partial charge in [-0.2, -0.15) is 0 Å². The Hall–Kier alpha value is -1.56. The monoisotopic (exact) mass is 352 g/mol. The lowest BCUT2D eigenvalue weighted by atomic mass is 9.66. The van der Waals surface area contributed by atoms with Crippen LogP contribution in [0, 0.1) is 5.41 Å². The van der Waals surface area contributed by atoms with Crippen molar-refractivity contribution in [2.45, 2.75) is 84.5 Å². The summed E-state index contributed by atoms with van der Waals surface area (Å²) in [4.78, 5) is 0.